The highest BCUT2D eigenvalue weighted by Gasteiger charge is 2.32. The molecule has 1 N–H and O–H groups in total. The first-order chi connectivity index (χ1) is 8.37. The number of benzene rings is 1. The van der Waals surface area contributed by atoms with Gasteiger partial charge in [-0.2, -0.15) is 0 Å². The molecule has 1 nitrogen and oxygen atoms in total. The van der Waals surface area contributed by atoms with Gasteiger partial charge in [-0.1, -0.05) is 56.0 Å². The smallest absolute Gasteiger partial charge is 0.0431 e. The third-order valence-electron chi connectivity index (χ3n) is 4.26. The molecule has 0 aromatic heterocycles. The molecule has 1 heteroatoms. The Morgan fingerprint density at radius 2 is 1.65 bits per heavy atom. The Morgan fingerprint density at radius 3 is 2.29 bits per heavy atom. The van der Waals surface area contributed by atoms with Gasteiger partial charge in [0.2, 0.25) is 0 Å². The SMILES string of the molecule is OCCCCC1(c2ccccc2)CCCCC1. The van der Waals surface area contributed by atoms with Gasteiger partial charge in [-0.3, -0.25) is 0 Å². The van der Waals surface area contributed by atoms with Crippen LogP contribution < -0.4 is 0 Å². The van der Waals surface area contributed by atoms with E-state index in [1.807, 2.05) is 0 Å². The first-order valence-corrected chi connectivity index (χ1v) is 7.04. The summed E-state index contributed by atoms with van der Waals surface area (Å²) >= 11 is 0. The van der Waals surface area contributed by atoms with Crippen LogP contribution in [0.5, 0.6) is 0 Å². The van der Waals surface area contributed by atoms with Crippen molar-refractivity contribution < 1.29 is 5.11 Å². The Labute approximate surface area is 105 Å². The molecule has 0 heterocycles. The molecule has 1 fully saturated rings. The van der Waals surface area contributed by atoms with Gasteiger partial charge in [-0.25, -0.2) is 0 Å². The van der Waals surface area contributed by atoms with E-state index in [0.29, 0.717) is 12.0 Å². The molecule has 1 aromatic rings. The molecule has 0 aliphatic heterocycles. The summed E-state index contributed by atoms with van der Waals surface area (Å²) in [4.78, 5) is 0. The van der Waals surface area contributed by atoms with E-state index in [9.17, 15) is 0 Å². The van der Waals surface area contributed by atoms with Gasteiger partial charge in [-0.15, -0.1) is 0 Å². The van der Waals surface area contributed by atoms with E-state index < -0.39 is 0 Å². The Hall–Kier alpha value is -0.820. The van der Waals surface area contributed by atoms with Crippen molar-refractivity contribution in [3.63, 3.8) is 0 Å². The van der Waals surface area contributed by atoms with Crippen LogP contribution in [0.2, 0.25) is 0 Å². The Kier molecular flexibility index (Phi) is 4.61. The second-order valence-electron chi connectivity index (χ2n) is 5.39. The van der Waals surface area contributed by atoms with Gasteiger partial charge in [0.1, 0.15) is 0 Å². The summed E-state index contributed by atoms with van der Waals surface area (Å²) in [5, 5.41) is 8.95. The second-order valence-corrected chi connectivity index (χ2v) is 5.39. The molecule has 1 aliphatic carbocycles. The fourth-order valence-corrected chi connectivity index (χ4v) is 3.28. The lowest BCUT2D eigenvalue weighted by molar-refractivity contribution is 0.242. The minimum Gasteiger partial charge on any atom is -0.396 e. The Morgan fingerprint density at radius 1 is 0.941 bits per heavy atom. The number of hydrogen-bond acceptors (Lipinski definition) is 1. The average molecular weight is 232 g/mol. The summed E-state index contributed by atoms with van der Waals surface area (Å²) in [5.74, 6) is 0. The second kappa shape index (κ2) is 6.20. The number of aliphatic hydroxyl groups excluding tert-OH is 1. The van der Waals surface area contributed by atoms with Crippen molar-refractivity contribution in [2.45, 2.75) is 56.8 Å². The van der Waals surface area contributed by atoms with Crippen LogP contribution >= 0.6 is 0 Å². The first-order valence-electron chi connectivity index (χ1n) is 7.04. The number of unbranched alkanes of at least 4 members (excludes halogenated alkanes) is 1. The molecule has 2 rings (SSSR count). The van der Waals surface area contributed by atoms with Crippen molar-refractivity contribution in [1.29, 1.82) is 0 Å². The summed E-state index contributed by atoms with van der Waals surface area (Å²) in [5.41, 5.74) is 1.94. The van der Waals surface area contributed by atoms with Crippen molar-refractivity contribution in [3.8, 4) is 0 Å². The van der Waals surface area contributed by atoms with Gasteiger partial charge in [-0.05, 0) is 36.7 Å². The van der Waals surface area contributed by atoms with Crippen molar-refractivity contribution in [3.05, 3.63) is 35.9 Å². The van der Waals surface area contributed by atoms with Crippen molar-refractivity contribution >= 4 is 0 Å². The van der Waals surface area contributed by atoms with Gasteiger partial charge in [0.15, 0.2) is 0 Å². The van der Waals surface area contributed by atoms with E-state index in [0.717, 1.165) is 12.8 Å². The zero-order chi connectivity index (χ0) is 12.0. The summed E-state index contributed by atoms with van der Waals surface area (Å²) in [6.07, 6.45) is 10.2. The van der Waals surface area contributed by atoms with Crippen molar-refractivity contribution in [2.24, 2.45) is 0 Å². The monoisotopic (exact) mass is 232 g/mol. The highest BCUT2D eigenvalue weighted by molar-refractivity contribution is 5.25. The molecule has 17 heavy (non-hydrogen) atoms. The molecule has 0 unspecified atom stereocenters. The third kappa shape index (κ3) is 3.10. The quantitative estimate of drug-likeness (QED) is 0.759. The summed E-state index contributed by atoms with van der Waals surface area (Å²) in [6, 6.07) is 11.0. The van der Waals surface area contributed by atoms with Crippen molar-refractivity contribution in [1.82, 2.24) is 0 Å². The molecule has 0 amide bonds. The molecule has 0 spiro atoms. The van der Waals surface area contributed by atoms with Gasteiger partial charge in [0.05, 0.1) is 0 Å². The molecule has 1 saturated carbocycles. The largest absolute Gasteiger partial charge is 0.396 e. The molecule has 0 saturated heterocycles. The minimum absolute atomic E-state index is 0.338. The van der Waals surface area contributed by atoms with E-state index in [4.69, 9.17) is 5.11 Å². The van der Waals surface area contributed by atoms with E-state index in [1.54, 1.807) is 0 Å². The maximum atomic E-state index is 8.95. The van der Waals surface area contributed by atoms with Gasteiger partial charge in [0.25, 0.3) is 0 Å². The van der Waals surface area contributed by atoms with Gasteiger partial charge >= 0.3 is 0 Å². The van der Waals surface area contributed by atoms with Crippen LogP contribution in [0.1, 0.15) is 56.9 Å². The Balaban J connectivity index is 2.11. The highest BCUT2D eigenvalue weighted by Crippen LogP contribution is 2.43. The molecular formula is C16H24O. The standard InChI is InChI=1S/C16H24O/c17-14-8-7-13-16(11-5-2-6-12-16)15-9-3-1-4-10-15/h1,3-4,9-10,17H,2,5-8,11-14H2. The average Bonchev–Trinajstić information content (AvgIpc) is 2.41. The van der Waals surface area contributed by atoms with E-state index in [-0.39, 0.29) is 0 Å². The number of rotatable bonds is 5. The Bertz CT molecular complexity index is 312. The van der Waals surface area contributed by atoms with Crippen LogP contribution in [-0.2, 0) is 5.41 Å². The van der Waals surface area contributed by atoms with E-state index in [1.165, 1.54) is 44.1 Å². The molecule has 0 radical (unpaired) electrons. The predicted molar refractivity (Wildman–Crippen MR) is 72.1 cm³/mol. The lowest BCUT2D eigenvalue weighted by atomic mass is 9.67. The molecule has 0 atom stereocenters. The van der Waals surface area contributed by atoms with Crippen LogP contribution in [0.25, 0.3) is 0 Å². The summed E-state index contributed by atoms with van der Waals surface area (Å²) < 4.78 is 0. The summed E-state index contributed by atoms with van der Waals surface area (Å²) in [7, 11) is 0. The first kappa shape index (κ1) is 12.6. The molecular weight excluding hydrogens is 208 g/mol. The predicted octanol–water partition coefficient (Wildman–Crippen LogP) is 4.05. The zero-order valence-corrected chi connectivity index (χ0v) is 10.7. The van der Waals surface area contributed by atoms with Crippen LogP contribution in [0.3, 0.4) is 0 Å². The lowest BCUT2D eigenvalue weighted by Gasteiger charge is -2.38. The fourth-order valence-electron chi connectivity index (χ4n) is 3.28. The maximum absolute atomic E-state index is 8.95. The normalized spacial score (nSPS) is 19.1. The van der Waals surface area contributed by atoms with Crippen LogP contribution in [0.4, 0.5) is 0 Å². The van der Waals surface area contributed by atoms with Gasteiger partial charge in [0, 0.05) is 6.61 Å². The third-order valence-corrected chi connectivity index (χ3v) is 4.26. The minimum atomic E-state index is 0.338. The molecule has 1 aromatic carbocycles. The number of aliphatic hydroxyl groups is 1. The lowest BCUT2D eigenvalue weighted by Crippen LogP contribution is -2.29. The summed E-state index contributed by atoms with van der Waals surface area (Å²) in [6.45, 7) is 0.338. The number of hydrogen-bond donors (Lipinski definition) is 1. The van der Waals surface area contributed by atoms with E-state index in [2.05, 4.69) is 30.3 Å². The van der Waals surface area contributed by atoms with Crippen LogP contribution in [-0.4, -0.2) is 11.7 Å². The zero-order valence-electron chi connectivity index (χ0n) is 10.7. The van der Waals surface area contributed by atoms with E-state index >= 15 is 0 Å². The fraction of sp³-hybridized carbons (Fsp3) is 0.625. The topological polar surface area (TPSA) is 20.2 Å². The molecule has 0 bridgehead atoms. The van der Waals surface area contributed by atoms with Crippen LogP contribution in [0, 0.1) is 0 Å². The van der Waals surface area contributed by atoms with Crippen molar-refractivity contribution in [2.75, 3.05) is 6.61 Å². The molecule has 94 valence electrons. The van der Waals surface area contributed by atoms with Gasteiger partial charge < -0.3 is 5.11 Å². The van der Waals surface area contributed by atoms with Crippen LogP contribution in [0.15, 0.2) is 30.3 Å². The molecule has 1 aliphatic rings. The maximum Gasteiger partial charge on any atom is 0.0431 e. The highest BCUT2D eigenvalue weighted by atomic mass is 16.2.